The summed E-state index contributed by atoms with van der Waals surface area (Å²) < 4.78 is 19.0. The third-order valence-electron chi connectivity index (χ3n) is 2.50. The first-order chi connectivity index (χ1) is 8.17. The molecule has 0 saturated heterocycles. The number of likely N-dealkylation sites (N-methyl/N-ethyl adjacent to an activating group) is 1. The van der Waals surface area contributed by atoms with E-state index in [0.29, 0.717) is 30.2 Å². The molecule has 0 aromatic heterocycles. The van der Waals surface area contributed by atoms with Crippen molar-refractivity contribution >= 4 is 11.6 Å². The van der Waals surface area contributed by atoms with Crippen molar-refractivity contribution in [3.8, 4) is 0 Å². The second-order valence-electron chi connectivity index (χ2n) is 3.85. The Labute approximate surface area is 107 Å². The van der Waals surface area contributed by atoms with Crippen LogP contribution >= 0.6 is 11.6 Å². The monoisotopic (exact) mass is 259 g/mol. The van der Waals surface area contributed by atoms with Crippen LogP contribution in [0.4, 0.5) is 4.39 Å². The molecule has 0 fully saturated rings. The number of benzene rings is 1. The molecule has 1 aromatic rings. The lowest BCUT2D eigenvalue weighted by Crippen LogP contribution is -2.35. The number of ether oxygens (including phenoxy) is 1. The smallest absolute Gasteiger partial charge is 0.127 e. The van der Waals surface area contributed by atoms with Gasteiger partial charge in [0.1, 0.15) is 5.82 Å². The molecule has 1 rings (SSSR count). The summed E-state index contributed by atoms with van der Waals surface area (Å²) >= 11 is 5.72. The molecule has 0 spiro atoms. The van der Waals surface area contributed by atoms with E-state index in [1.165, 1.54) is 6.07 Å². The van der Waals surface area contributed by atoms with Gasteiger partial charge in [0, 0.05) is 17.7 Å². The van der Waals surface area contributed by atoms with Crippen LogP contribution in [-0.4, -0.2) is 25.8 Å². The van der Waals surface area contributed by atoms with E-state index in [1.807, 2.05) is 13.8 Å². The average Bonchev–Trinajstić information content (AvgIpc) is 2.29. The highest BCUT2D eigenvalue weighted by atomic mass is 35.5. The number of rotatable bonds is 7. The van der Waals surface area contributed by atoms with Gasteiger partial charge in [0.15, 0.2) is 0 Å². The van der Waals surface area contributed by atoms with E-state index in [9.17, 15) is 4.39 Å². The molecule has 1 atom stereocenters. The highest BCUT2D eigenvalue weighted by molar-refractivity contribution is 6.30. The van der Waals surface area contributed by atoms with E-state index in [2.05, 4.69) is 5.32 Å². The fourth-order valence-electron chi connectivity index (χ4n) is 1.69. The van der Waals surface area contributed by atoms with Crippen molar-refractivity contribution < 1.29 is 9.13 Å². The average molecular weight is 260 g/mol. The zero-order valence-corrected chi connectivity index (χ0v) is 11.1. The van der Waals surface area contributed by atoms with Gasteiger partial charge in [0.2, 0.25) is 0 Å². The molecular formula is C13H19ClFNO. The molecule has 0 aliphatic heterocycles. The normalized spacial score (nSPS) is 12.7. The summed E-state index contributed by atoms with van der Waals surface area (Å²) in [5.74, 6) is -0.253. The Kier molecular flexibility index (Phi) is 6.48. The zero-order valence-electron chi connectivity index (χ0n) is 10.3. The highest BCUT2D eigenvalue weighted by Gasteiger charge is 2.11. The Morgan fingerprint density at radius 3 is 2.76 bits per heavy atom. The highest BCUT2D eigenvalue weighted by Crippen LogP contribution is 2.16. The van der Waals surface area contributed by atoms with E-state index < -0.39 is 0 Å². The van der Waals surface area contributed by atoms with Crippen LogP contribution in [0.5, 0.6) is 0 Å². The second kappa shape index (κ2) is 7.64. The Bertz CT molecular complexity index is 346. The molecule has 0 saturated carbocycles. The summed E-state index contributed by atoms with van der Waals surface area (Å²) in [5.41, 5.74) is 0.667. The maximum absolute atomic E-state index is 13.6. The zero-order chi connectivity index (χ0) is 12.7. The number of nitrogens with one attached hydrogen (secondary N) is 1. The van der Waals surface area contributed by atoms with Gasteiger partial charge in [-0.1, -0.05) is 24.6 Å². The van der Waals surface area contributed by atoms with Crippen molar-refractivity contribution in [1.29, 1.82) is 0 Å². The fourth-order valence-corrected chi connectivity index (χ4v) is 1.85. The van der Waals surface area contributed by atoms with Crippen LogP contribution < -0.4 is 5.32 Å². The van der Waals surface area contributed by atoms with Gasteiger partial charge in [-0.3, -0.25) is 0 Å². The lowest BCUT2D eigenvalue weighted by Gasteiger charge is -2.18. The minimum Gasteiger partial charge on any atom is -0.380 e. The molecule has 0 radical (unpaired) electrons. The van der Waals surface area contributed by atoms with Crippen molar-refractivity contribution in [3.05, 3.63) is 34.6 Å². The molecule has 2 nitrogen and oxygen atoms in total. The molecule has 1 unspecified atom stereocenters. The lowest BCUT2D eigenvalue weighted by atomic mass is 10.1. The second-order valence-corrected chi connectivity index (χ2v) is 4.29. The quantitative estimate of drug-likeness (QED) is 0.813. The predicted octanol–water partition coefficient (Wildman–Crippen LogP) is 3.04. The third kappa shape index (κ3) is 5.02. The maximum Gasteiger partial charge on any atom is 0.127 e. The lowest BCUT2D eigenvalue weighted by molar-refractivity contribution is 0.123. The molecule has 96 valence electrons. The molecule has 0 aliphatic rings. The largest absolute Gasteiger partial charge is 0.380 e. The summed E-state index contributed by atoms with van der Waals surface area (Å²) in [4.78, 5) is 0. The number of hydrogen-bond acceptors (Lipinski definition) is 2. The first kappa shape index (κ1) is 14.4. The number of halogens is 2. The third-order valence-corrected chi connectivity index (χ3v) is 2.73. The summed E-state index contributed by atoms with van der Waals surface area (Å²) in [7, 11) is 0. The van der Waals surface area contributed by atoms with Crippen LogP contribution in [0.2, 0.25) is 5.02 Å². The SMILES string of the molecule is CCNC(COCC)Cc1ccc(Cl)cc1F. The van der Waals surface area contributed by atoms with Crippen LogP contribution in [0.15, 0.2) is 18.2 Å². The van der Waals surface area contributed by atoms with E-state index in [4.69, 9.17) is 16.3 Å². The molecule has 0 heterocycles. The van der Waals surface area contributed by atoms with Crippen molar-refractivity contribution in [3.63, 3.8) is 0 Å². The van der Waals surface area contributed by atoms with Crippen molar-refractivity contribution in [2.45, 2.75) is 26.3 Å². The van der Waals surface area contributed by atoms with Gasteiger partial charge in [-0.05, 0) is 37.6 Å². The molecule has 0 amide bonds. The van der Waals surface area contributed by atoms with Crippen molar-refractivity contribution in [2.24, 2.45) is 0 Å². The minimum atomic E-state index is -0.253. The molecule has 1 N–H and O–H groups in total. The first-order valence-corrected chi connectivity index (χ1v) is 6.30. The van der Waals surface area contributed by atoms with E-state index in [1.54, 1.807) is 12.1 Å². The summed E-state index contributed by atoms with van der Waals surface area (Å²) in [6.07, 6.45) is 0.608. The first-order valence-electron chi connectivity index (χ1n) is 5.92. The van der Waals surface area contributed by atoms with Crippen molar-refractivity contribution in [1.82, 2.24) is 5.32 Å². The Balaban J connectivity index is 2.64. The van der Waals surface area contributed by atoms with Crippen molar-refractivity contribution in [2.75, 3.05) is 19.8 Å². The van der Waals surface area contributed by atoms with E-state index in [-0.39, 0.29) is 11.9 Å². The summed E-state index contributed by atoms with van der Waals surface area (Å²) in [6.45, 7) is 6.08. The maximum atomic E-state index is 13.6. The Morgan fingerprint density at radius 2 is 2.18 bits per heavy atom. The van der Waals surface area contributed by atoms with Gasteiger partial charge in [0.25, 0.3) is 0 Å². The predicted molar refractivity (Wildman–Crippen MR) is 69.1 cm³/mol. The molecule has 1 aromatic carbocycles. The van der Waals surface area contributed by atoms with Crippen LogP contribution in [-0.2, 0) is 11.2 Å². The van der Waals surface area contributed by atoms with Gasteiger partial charge in [-0.25, -0.2) is 4.39 Å². The molecule has 4 heteroatoms. The molecule has 17 heavy (non-hydrogen) atoms. The molecule has 0 aliphatic carbocycles. The van der Waals surface area contributed by atoms with Gasteiger partial charge in [-0.2, -0.15) is 0 Å². The van der Waals surface area contributed by atoms with Crippen LogP contribution in [0.25, 0.3) is 0 Å². The summed E-state index contributed by atoms with van der Waals surface area (Å²) in [5, 5.41) is 3.71. The fraction of sp³-hybridized carbons (Fsp3) is 0.538. The van der Waals surface area contributed by atoms with Crippen LogP contribution in [0.1, 0.15) is 19.4 Å². The summed E-state index contributed by atoms with van der Waals surface area (Å²) in [6, 6.07) is 4.92. The van der Waals surface area contributed by atoms with Gasteiger partial charge in [0.05, 0.1) is 6.61 Å². The van der Waals surface area contributed by atoms with Gasteiger partial charge < -0.3 is 10.1 Å². The topological polar surface area (TPSA) is 21.3 Å². The van der Waals surface area contributed by atoms with Gasteiger partial charge >= 0.3 is 0 Å². The van der Waals surface area contributed by atoms with Crippen LogP contribution in [0.3, 0.4) is 0 Å². The minimum absolute atomic E-state index is 0.135. The molecular weight excluding hydrogens is 241 g/mol. The van der Waals surface area contributed by atoms with Crippen LogP contribution in [0, 0.1) is 5.82 Å². The van der Waals surface area contributed by atoms with Gasteiger partial charge in [-0.15, -0.1) is 0 Å². The van der Waals surface area contributed by atoms with E-state index >= 15 is 0 Å². The Morgan fingerprint density at radius 1 is 1.41 bits per heavy atom. The van der Waals surface area contributed by atoms with E-state index in [0.717, 1.165) is 6.54 Å². The number of hydrogen-bond donors (Lipinski definition) is 1. The molecule has 0 bridgehead atoms. The standard InChI is InChI=1S/C13H19ClFNO/c1-3-16-12(9-17-4-2)7-10-5-6-11(14)8-13(10)15/h5-6,8,12,16H,3-4,7,9H2,1-2H3. The Hall–Kier alpha value is -0.640.